The third-order valence-electron chi connectivity index (χ3n) is 9.74. The third-order valence-corrected chi connectivity index (χ3v) is 9.74. The maximum atomic E-state index is 5.21. The van der Waals surface area contributed by atoms with Crippen LogP contribution in [0, 0.1) is 0 Å². The fourth-order valence-electron chi connectivity index (χ4n) is 7.32. The first kappa shape index (κ1) is 27.4. The quantitative estimate of drug-likeness (QED) is 0.188. The topological polar surface area (TPSA) is 38.7 Å². The van der Waals surface area contributed by atoms with Gasteiger partial charge in [-0.2, -0.15) is 0 Å². The molecule has 0 spiro atoms. The highest BCUT2D eigenvalue weighted by molar-refractivity contribution is 6.10. The van der Waals surface area contributed by atoms with E-state index >= 15 is 0 Å². The molecule has 1 aliphatic carbocycles. The van der Waals surface area contributed by atoms with Gasteiger partial charge in [0.25, 0.3) is 0 Å². The van der Waals surface area contributed by atoms with Crippen LogP contribution in [0.5, 0.6) is 0 Å². The Kier molecular flexibility index (Phi) is 6.16. The molecule has 8 aromatic rings. The molecule has 0 bridgehead atoms. The van der Waals surface area contributed by atoms with Crippen LogP contribution >= 0.6 is 0 Å². The molecule has 0 N–H and O–H groups in total. The summed E-state index contributed by atoms with van der Waals surface area (Å²) in [4.78, 5) is 15.0. The lowest BCUT2D eigenvalue weighted by molar-refractivity contribution is 0.661. The SMILES string of the molecule is CC1(C)c2ccccc2-c2cc3ccc4cc(-c5cc(-c6ccccc6)nc(-c6ccccc6-c6ccccn6)n5)ccc4c3cc21. The van der Waals surface area contributed by atoms with Crippen molar-refractivity contribution in [3.8, 4) is 56.3 Å². The summed E-state index contributed by atoms with van der Waals surface area (Å²) in [5.41, 5.74) is 12.2. The molecule has 1 aliphatic rings. The minimum atomic E-state index is -0.0427. The molecule has 47 heavy (non-hydrogen) atoms. The predicted molar refractivity (Wildman–Crippen MR) is 194 cm³/mol. The molecule has 0 saturated carbocycles. The van der Waals surface area contributed by atoms with Crippen LogP contribution in [-0.2, 0) is 5.41 Å². The summed E-state index contributed by atoms with van der Waals surface area (Å²) >= 11 is 0. The molecule has 0 saturated heterocycles. The van der Waals surface area contributed by atoms with Gasteiger partial charge in [0.05, 0.1) is 17.1 Å². The molecule has 6 aromatic carbocycles. The number of rotatable bonds is 4. The summed E-state index contributed by atoms with van der Waals surface area (Å²) in [7, 11) is 0. The van der Waals surface area contributed by atoms with Crippen molar-refractivity contribution in [2.24, 2.45) is 0 Å². The highest BCUT2D eigenvalue weighted by Gasteiger charge is 2.35. The largest absolute Gasteiger partial charge is 0.256 e. The van der Waals surface area contributed by atoms with Crippen molar-refractivity contribution in [3.63, 3.8) is 0 Å². The number of hydrogen-bond acceptors (Lipinski definition) is 3. The van der Waals surface area contributed by atoms with Crippen LogP contribution in [0.4, 0.5) is 0 Å². The average Bonchev–Trinajstić information content (AvgIpc) is 3.36. The van der Waals surface area contributed by atoms with Gasteiger partial charge >= 0.3 is 0 Å². The zero-order valence-electron chi connectivity index (χ0n) is 26.3. The van der Waals surface area contributed by atoms with Gasteiger partial charge in [0, 0.05) is 33.9 Å². The zero-order valence-corrected chi connectivity index (χ0v) is 26.3. The van der Waals surface area contributed by atoms with Crippen LogP contribution in [0.2, 0.25) is 0 Å². The molecule has 0 fully saturated rings. The molecule has 0 unspecified atom stereocenters. The number of hydrogen-bond donors (Lipinski definition) is 0. The molecule has 9 rings (SSSR count). The third kappa shape index (κ3) is 4.46. The van der Waals surface area contributed by atoms with E-state index in [2.05, 4.69) is 128 Å². The van der Waals surface area contributed by atoms with Crippen molar-refractivity contribution in [2.45, 2.75) is 19.3 Å². The van der Waals surface area contributed by atoms with E-state index in [-0.39, 0.29) is 5.41 Å². The molecule has 3 nitrogen and oxygen atoms in total. The average molecular weight is 602 g/mol. The molecule has 222 valence electrons. The van der Waals surface area contributed by atoms with E-state index in [4.69, 9.17) is 9.97 Å². The number of aromatic nitrogens is 3. The van der Waals surface area contributed by atoms with Gasteiger partial charge in [0.1, 0.15) is 0 Å². The Hall–Kier alpha value is -5.93. The van der Waals surface area contributed by atoms with E-state index in [1.165, 1.54) is 43.8 Å². The minimum Gasteiger partial charge on any atom is -0.256 e. The van der Waals surface area contributed by atoms with Crippen LogP contribution in [0.15, 0.2) is 152 Å². The zero-order chi connectivity index (χ0) is 31.5. The van der Waals surface area contributed by atoms with Crippen molar-refractivity contribution >= 4 is 21.5 Å². The molecular weight excluding hydrogens is 571 g/mol. The maximum absolute atomic E-state index is 5.21. The first-order chi connectivity index (χ1) is 23.0. The fraction of sp³-hybridized carbons (Fsp3) is 0.0682. The lowest BCUT2D eigenvalue weighted by Crippen LogP contribution is -2.14. The normalized spacial score (nSPS) is 13.1. The van der Waals surface area contributed by atoms with Gasteiger partial charge in [-0.05, 0) is 80.2 Å². The lowest BCUT2D eigenvalue weighted by Gasteiger charge is -2.22. The summed E-state index contributed by atoms with van der Waals surface area (Å²) in [5.74, 6) is 0.679. The maximum Gasteiger partial charge on any atom is 0.161 e. The summed E-state index contributed by atoms with van der Waals surface area (Å²) in [5, 5.41) is 4.99. The van der Waals surface area contributed by atoms with E-state index in [9.17, 15) is 0 Å². The Morgan fingerprint density at radius 1 is 0.426 bits per heavy atom. The van der Waals surface area contributed by atoms with Crippen LogP contribution in [-0.4, -0.2) is 15.0 Å². The van der Waals surface area contributed by atoms with Gasteiger partial charge in [0.15, 0.2) is 5.82 Å². The Morgan fingerprint density at radius 2 is 1.11 bits per heavy atom. The Bertz CT molecular complexity index is 2480. The molecule has 3 heteroatoms. The van der Waals surface area contributed by atoms with Gasteiger partial charge < -0.3 is 0 Å². The van der Waals surface area contributed by atoms with Crippen LogP contribution in [0.1, 0.15) is 25.0 Å². The monoisotopic (exact) mass is 601 g/mol. The Morgan fingerprint density at radius 3 is 1.89 bits per heavy atom. The fourth-order valence-corrected chi connectivity index (χ4v) is 7.32. The van der Waals surface area contributed by atoms with Crippen molar-refractivity contribution in [1.29, 1.82) is 0 Å². The number of nitrogens with zero attached hydrogens (tertiary/aromatic N) is 3. The molecular formula is C44H31N3. The van der Waals surface area contributed by atoms with Crippen molar-refractivity contribution < 1.29 is 0 Å². The molecule has 0 radical (unpaired) electrons. The second kappa shape index (κ2) is 10.6. The van der Waals surface area contributed by atoms with Gasteiger partial charge in [-0.1, -0.05) is 123 Å². The van der Waals surface area contributed by atoms with Gasteiger partial charge in [-0.3, -0.25) is 4.98 Å². The standard InChI is InChI=1S/C44H31N3/c1-44(2)38-17-9-8-14-33(38)37-25-30-20-19-29-24-31(21-22-32(29)36(30)26-39(37)44)42-27-41(28-12-4-3-5-13-28)46-43(47-42)35-16-7-6-15-34(35)40-18-10-11-23-45-40/h3-27H,1-2H3. The number of pyridine rings is 1. The van der Waals surface area contributed by atoms with E-state index in [0.29, 0.717) is 5.82 Å². The van der Waals surface area contributed by atoms with E-state index in [1.807, 2.05) is 42.6 Å². The lowest BCUT2D eigenvalue weighted by atomic mass is 9.81. The smallest absolute Gasteiger partial charge is 0.161 e. The first-order valence-electron chi connectivity index (χ1n) is 16.1. The predicted octanol–water partition coefficient (Wildman–Crippen LogP) is 11.2. The highest BCUT2D eigenvalue weighted by atomic mass is 14.9. The summed E-state index contributed by atoms with van der Waals surface area (Å²) in [6, 6.07) is 51.6. The van der Waals surface area contributed by atoms with E-state index < -0.39 is 0 Å². The molecule has 0 amide bonds. The van der Waals surface area contributed by atoms with Crippen LogP contribution in [0.25, 0.3) is 77.8 Å². The second-order valence-electron chi connectivity index (χ2n) is 12.9. The minimum absolute atomic E-state index is 0.0427. The van der Waals surface area contributed by atoms with Gasteiger partial charge in [0.2, 0.25) is 0 Å². The van der Waals surface area contributed by atoms with Crippen LogP contribution in [0.3, 0.4) is 0 Å². The molecule has 0 atom stereocenters. The van der Waals surface area contributed by atoms with E-state index in [0.717, 1.165) is 39.3 Å². The first-order valence-corrected chi connectivity index (χ1v) is 16.1. The Balaban J connectivity index is 1.21. The van der Waals surface area contributed by atoms with Crippen molar-refractivity contribution in [1.82, 2.24) is 15.0 Å². The number of benzene rings is 6. The van der Waals surface area contributed by atoms with Crippen molar-refractivity contribution in [3.05, 3.63) is 163 Å². The molecule has 2 heterocycles. The summed E-state index contributed by atoms with van der Waals surface area (Å²) in [6.07, 6.45) is 1.83. The second-order valence-corrected chi connectivity index (χ2v) is 12.9. The van der Waals surface area contributed by atoms with Gasteiger partial charge in [-0.25, -0.2) is 9.97 Å². The number of fused-ring (bicyclic) bond motifs is 6. The van der Waals surface area contributed by atoms with Gasteiger partial charge in [-0.15, -0.1) is 0 Å². The Labute approximate surface area is 274 Å². The summed E-state index contributed by atoms with van der Waals surface area (Å²) < 4.78 is 0. The summed E-state index contributed by atoms with van der Waals surface area (Å²) in [6.45, 7) is 4.69. The van der Waals surface area contributed by atoms with Crippen molar-refractivity contribution in [2.75, 3.05) is 0 Å². The highest BCUT2D eigenvalue weighted by Crippen LogP contribution is 2.50. The molecule has 2 aromatic heterocycles. The van der Waals surface area contributed by atoms with Crippen LogP contribution < -0.4 is 0 Å². The molecule has 0 aliphatic heterocycles. The van der Waals surface area contributed by atoms with E-state index in [1.54, 1.807) is 0 Å².